The maximum Gasteiger partial charge on any atom is 0.123 e. The zero-order valence-electron chi connectivity index (χ0n) is 10.7. The highest BCUT2D eigenvalue weighted by atomic mass is 19.1. The van der Waals surface area contributed by atoms with Crippen LogP contribution in [0.25, 0.3) is 0 Å². The Labute approximate surface area is 103 Å². The SMILES string of the molecule is CCC(C)N1CCN(c2ccc(F)cc2)CC1. The molecule has 0 bridgehead atoms. The van der Waals surface area contributed by atoms with Gasteiger partial charge >= 0.3 is 0 Å². The van der Waals surface area contributed by atoms with Gasteiger partial charge in [-0.05, 0) is 37.6 Å². The third-order valence-corrected chi connectivity index (χ3v) is 3.72. The van der Waals surface area contributed by atoms with E-state index in [1.807, 2.05) is 12.1 Å². The summed E-state index contributed by atoms with van der Waals surface area (Å²) >= 11 is 0. The first-order chi connectivity index (χ1) is 8.20. The summed E-state index contributed by atoms with van der Waals surface area (Å²) in [6.45, 7) is 8.80. The minimum atomic E-state index is -0.160. The van der Waals surface area contributed by atoms with Gasteiger partial charge in [0.25, 0.3) is 0 Å². The highest BCUT2D eigenvalue weighted by Gasteiger charge is 2.19. The number of piperazine rings is 1. The number of halogens is 1. The third-order valence-electron chi connectivity index (χ3n) is 3.72. The van der Waals surface area contributed by atoms with Crippen molar-refractivity contribution >= 4 is 5.69 Å². The number of anilines is 1. The molecule has 1 aromatic carbocycles. The summed E-state index contributed by atoms with van der Waals surface area (Å²) in [7, 11) is 0. The molecule has 1 aliphatic rings. The molecule has 0 saturated carbocycles. The lowest BCUT2D eigenvalue weighted by molar-refractivity contribution is 0.193. The van der Waals surface area contributed by atoms with E-state index in [0.29, 0.717) is 6.04 Å². The smallest absolute Gasteiger partial charge is 0.123 e. The van der Waals surface area contributed by atoms with Gasteiger partial charge in [-0.25, -0.2) is 4.39 Å². The monoisotopic (exact) mass is 236 g/mol. The predicted molar refractivity (Wildman–Crippen MR) is 69.9 cm³/mol. The van der Waals surface area contributed by atoms with Crippen molar-refractivity contribution < 1.29 is 4.39 Å². The minimum absolute atomic E-state index is 0.160. The molecular formula is C14H21FN2. The topological polar surface area (TPSA) is 6.48 Å². The van der Waals surface area contributed by atoms with Crippen molar-refractivity contribution in [2.45, 2.75) is 26.3 Å². The van der Waals surface area contributed by atoms with Gasteiger partial charge in [0.05, 0.1) is 0 Å². The summed E-state index contributed by atoms with van der Waals surface area (Å²) < 4.78 is 12.8. The van der Waals surface area contributed by atoms with E-state index in [4.69, 9.17) is 0 Å². The molecule has 94 valence electrons. The molecule has 1 aromatic rings. The molecule has 1 atom stereocenters. The van der Waals surface area contributed by atoms with E-state index < -0.39 is 0 Å². The summed E-state index contributed by atoms with van der Waals surface area (Å²) in [5, 5.41) is 0. The highest BCUT2D eigenvalue weighted by molar-refractivity contribution is 5.46. The van der Waals surface area contributed by atoms with Crippen molar-refractivity contribution in [3.8, 4) is 0 Å². The quantitative estimate of drug-likeness (QED) is 0.796. The minimum Gasteiger partial charge on any atom is -0.369 e. The van der Waals surface area contributed by atoms with Crippen molar-refractivity contribution in [1.29, 1.82) is 0 Å². The van der Waals surface area contributed by atoms with Crippen molar-refractivity contribution in [2.24, 2.45) is 0 Å². The van der Waals surface area contributed by atoms with Crippen LogP contribution in [0.15, 0.2) is 24.3 Å². The molecule has 1 heterocycles. The molecule has 1 saturated heterocycles. The largest absolute Gasteiger partial charge is 0.369 e. The fourth-order valence-corrected chi connectivity index (χ4v) is 2.33. The number of benzene rings is 1. The van der Waals surface area contributed by atoms with Crippen molar-refractivity contribution in [3.63, 3.8) is 0 Å². The van der Waals surface area contributed by atoms with Gasteiger partial charge in [0.15, 0.2) is 0 Å². The van der Waals surface area contributed by atoms with Crippen LogP contribution in [0.5, 0.6) is 0 Å². The van der Waals surface area contributed by atoms with Gasteiger partial charge in [-0.3, -0.25) is 4.90 Å². The first-order valence-electron chi connectivity index (χ1n) is 6.45. The van der Waals surface area contributed by atoms with Gasteiger partial charge in [-0.1, -0.05) is 6.92 Å². The predicted octanol–water partition coefficient (Wildman–Crippen LogP) is 2.75. The molecule has 1 fully saturated rings. The van der Waals surface area contributed by atoms with Gasteiger partial charge in [0.2, 0.25) is 0 Å². The molecule has 0 aromatic heterocycles. The molecule has 0 N–H and O–H groups in total. The van der Waals surface area contributed by atoms with E-state index in [1.54, 1.807) is 0 Å². The Morgan fingerprint density at radius 2 is 1.71 bits per heavy atom. The summed E-state index contributed by atoms with van der Waals surface area (Å²) in [6, 6.07) is 7.49. The van der Waals surface area contributed by atoms with Gasteiger partial charge in [-0.2, -0.15) is 0 Å². The molecule has 0 amide bonds. The van der Waals surface area contributed by atoms with Gasteiger partial charge in [0, 0.05) is 37.9 Å². The first-order valence-corrected chi connectivity index (χ1v) is 6.45. The van der Waals surface area contributed by atoms with Crippen LogP contribution in [0.1, 0.15) is 20.3 Å². The Hall–Kier alpha value is -1.09. The Morgan fingerprint density at radius 3 is 2.24 bits per heavy atom. The molecule has 1 aliphatic heterocycles. The Balaban J connectivity index is 1.93. The summed E-state index contributed by atoms with van der Waals surface area (Å²) in [6.07, 6.45) is 1.20. The van der Waals surface area contributed by atoms with Crippen LogP contribution >= 0.6 is 0 Å². The summed E-state index contributed by atoms with van der Waals surface area (Å²) in [5.74, 6) is -0.160. The number of rotatable bonds is 3. The zero-order chi connectivity index (χ0) is 12.3. The second-order valence-corrected chi connectivity index (χ2v) is 4.76. The summed E-state index contributed by atoms with van der Waals surface area (Å²) in [4.78, 5) is 4.86. The molecule has 2 rings (SSSR count). The Bertz CT molecular complexity index is 342. The van der Waals surface area contributed by atoms with Gasteiger partial charge in [-0.15, -0.1) is 0 Å². The van der Waals surface area contributed by atoms with E-state index in [-0.39, 0.29) is 5.82 Å². The fraction of sp³-hybridized carbons (Fsp3) is 0.571. The van der Waals surface area contributed by atoms with Crippen LogP contribution in [-0.4, -0.2) is 37.1 Å². The van der Waals surface area contributed by atoms with Crippen molar-refractivity contribution in [2.75, 3.05) is 31.1 Å². The fourth-order valence-electron chi connectivity index (χ4n) is 2.33. The summed E-state index contributed by atoms with van der Waals surface area (Å²) in [5.41, 5.74) is 1.13. The second-order valence-electron chi connectivity index (χ2n) is 4.76. The maximum absolute atomic E-state index is 12.8. The molecule has 1 unspecified atom stereocenters. The van der Waals surface area contributed by atoms with Crippen LogP contribution < -0.4 is 4.90 Å². The highest BCUT2D eigenvalue weighted by Crippen LogP contribution is 2.18. The molecule has 2 nitrogen and oxygen atoms in total. The van der Waals surface area contributed by atoms with Crippen LogP contribution in [-0.2, 0) is 0 Å². The number of nitrogens with zero attached hydrogens (tertiary/aromatic N) is 2. The lowest BCUT2D eigenvalue weighted by Crippen LogP contribution is -2.49. The lowest BCUT2D eigenvalue weighted by atomic mass is 10.1. The lowest BCUT2D eigenvalue weighted by Gasteiger charge is -2.38. The van der Waals surface area contributed by atoms with E-state index >= 15 is 0 Å². The van der Waals surface area contributed by atoms with Crippen LogP contribution in [0.2, 0.25) is 0 Å². The molecule has 3 heteroatoms. The molecule has 0 spiro atoms. The van der Waals surface area contributed by atoms with Gasteiger partial charge < -0.3 is 4.90 Å². The first kappa shape index (κ1) is 12.4. The average molecular weight is 236 g/mol. The van der Waals surface area contributed by atoms with Crippen molar-refractivity contribution in [3.05, 3.63) is 30.1 Å². The number of hydrogen-bond acceptors (Lipinski definition) is 2. The zero-order valence-corrected chi connectivity index (χ0v) is 10.7. The Kier molecular flexibility index (Phi) is 4.00. The van der Waals surface area contributed by atoms with E-state index in [9.17, 15) is 4.39 Å². The second kappa shape index (κ2) is 5.50. The van der Waals surface area contributed by atoms with E-state index in [1.165, 1.54) is 18.6 Å². The van der Waals surface area contributed by atoms with Crippen LogP contribution in [0.3, 0.4) is 0 Å². The third kappa shape index (κ3) is 2.97. The molecule has 0 aliphatic carbocycles. The molecule has 17 heavy (non-hydrogen) atoms. The van der Waals surface area contributed by atoms with Gasteiger partial charge in [0.1, 0.15) is 5.82 Å². The standard InChI is InChI=1S/C14H21FN2/c1-3-12(2)16-8-10-17(11-9-16)14-6-4-13(15)5-7-14/h4-7,12H,3,8-11H2,1-2H3. The maximum atomic E-state index is 12.8. The Morgan fingerprint density at radius 1 is 1.12 bits per heavy atom. The number of hydrogen-bond donors (Lipinski definition) is 0. The van der Waals surface area contributed by atoms with Crippen molar-refractivity contribution in [1.82, 2.24) is 4.90 Å². The average Bonchev–Trinajstić information content (AvgIpc) is 2.39. The van der Waals surface area contributed by atoms with Crippen LogP contribution in [0.4, 0.5) is 10.1 Å². The van der Waals surface area contributed by atoms with E-state index in [0.717, 1.165) is 31.9 Å². The van der Waals surface area contributed by atoms with E-state index in [2.05, 4.69) is 23.6 Å². The normalized spacial score (nSPS) is 19.4. The molecular weight excluding hydrogens is 215 g/mol. The van der Waals surface area contributed by atoms with Crippen LogP contribution in [0, 0.1) is 5.82 Å². The molecule has 0 radical (unpaired) electrons.